The fourth-order valence-electron chi connectivity index (χ4n) is 3.94. The Kier molecular flexibility index (Phi) is 7.38. The standard InChI is InChI=1S/C27H28ClN3O3/c1-18-16-22(17-19(2)26(18)28)34-15-14-31-24-7-5-4-6-23(24)30-25(31)12-13-29-27(32)20-8-10-21(33-3)11-9-20/h4-11,16-17H,12-15H2,1-3H3,(H,29,32). The lowest BCUT2D eigenvalue weighted by Gasteiger charge is -2.13. The number of imidazole rings is 1. The number of amides is 1. The number of ether oxygens (including phenoxy) is 2. The third kappa shape index (κ3) is 5.34. The molecule has 0 spiro atoms. The summed E-state index contributed by atoms with van der Waals surface area (Å²) in [5, 5.41) is 3.75. The predicted octanol–water partition coefficient (Wildman–Crippen LogP) is 5.37. The van der Waals surface area contributed by atoms with Gasteiger partial charge >= 0.3 is 0 Å². The molecule has 1 aromatic heterocycles. The SMILES string of the molecule is COc1ccc(C(=O)NCCc2nc3ccccc3n2CCOc2cc(C)c(Cl)c(C)c2)cc1. The normalized spacial score (nSPS) is 10.9. The Bertz CT molecular complexity index is 1280. The minimum absolute atomic E-state index is 0.123. The van der Waals surface area contributed by atoms with E-state index in [1.807, 2.05) is 44.2 Å². The van der Waals surface area contributed by atoms with Gasteiger partial charge in [-0.25, -0.2) is 4.98 Å². The van der Waals surface area contributed by atoms with Gasteiger partial charge in [-0.05, 0) is 73.5 Å². The van der Waals surface area contributed by atoms with Crippen molar-refractivity contribution in [2.45, 2.75) is 26.8 Å². The van der Waals surface area contributed by atoms with Crippen LogP contribution in [0.25, 0.3) is 11.0 Å². The molecule has 0 unspecified atom stereocenters. The van der Waals surface area contributed by atoms with Crippen molar-refractivity contribution >= 4 is 28.5 Å². The maximum Gasteiger partial charge on any atom is 0.251 e. The van der Waals surface area contributed by atoms with Crippen LogP contribution >= 0.6 is 11.6 Å². The second kappa shape index (κ2) is 10.6. The summed E-state index contributed by atoms with van der Waals surface area (Å²) in [6.45, 7) is 5.56. The van der Waals surface area contributed by atoms with Crippen molar-refractivity contribution in [1.82, 2.24) is 14.9 Å². The molecule has 0 aliphatic heterocycles. The summed E-state index contributed by atoms with van der Waals surface area (Å²) in [5.74, 6) is 2.30. The van der Waals surface area contributed by atoms with Gasteiger partial charge in [-0.15, -0.1) is 0 Å². The van der Waals surface area contributed by atoms with Crippen molar-refractivity contribution < 1.29 is 14.3 Å². The second-order valence-corrected chi connectivity index (χ2v) is 8.50. The third-order valence-corrected chi connectivity index (χ3v) is 6.31. The van der Waals surface area contributed by atoms with E-state index in [2.05, 4.69) is 16.0 Å². The van der Waals surface area contributed by atoms with Gasteiger partial charge < -0.3 is 19.4 Å². The Hall–Kier alpha value is -3.51. The highest BCUT2D eigenvalue weighted by Crippen LogP contribution is 2.26. The van der Waals surface area contributed by atoms with E-state index in [1.54, 1.807) is 31.4 Å². The number of carbonyl (C=O) groups is 1. The van der Waals surface area contributed by atoms with Crippen molar-refractivity contribution in [3.63, 3.8) is 0 Å². The van der Waals surface area contributed by atoms with Crippen molar-refractivity contribution in [2.75, 3.05) is 20.3 Å². The van der Waals surface area contributed by atoms with Gasteiger partial charge in [0.05, 0.1) is 24.7 Å². The summed E-state index contributed by atoms with van der Waals surface area (Å²) >= 11 is 6.27. The molecule has 1 N–H and O–H groups in total. The van der Waals surface area contributed by atoms with Gasteiger partial charge in [0.1, 0.15) is 23.9 Å². The lowest BCUT2D eigenvalue weighted by molar-refractivity contribution is 0.0954. The van der Waals surface area contributed by atoms with Crippen LogP contribution in [0.3, 0.4) is 0 Å². The number of aromatic nitrogens is 2. The fourth-order valence-corrected chi connectivity index (χ4v) is 4.05. The molecule has 4 aromatic rings. The minimum atomic E-state index is -0.123. The number of nitrogens with one attached hydrogen (secondary N) is 1. The van der Waals surface area contributed by atoms with Crippen LogP contribution in [0, 0.1) is 13.8 Å². The van der Waals surface area contributed by atoms with E-state index in [4.69, 9.17) is 26.1 Å². The second-order valence-electron chi connectivity index (χ2n) is 8.12. The van der Waals surface area contributed by atoms with Gasteiger partial charge in [0, 0.05) is 23.6 Å². The molecule has 7 heteroatoms. The quantitative estimate of drug-likeness (QED) is 0.352. The van der Waals surface area contributed by atoms with Crippen molar-refractivity contribution in [1.29, 1.82) is 0 Å². The smallest absolute Gasteiger partial charge is 0.251 e. The van der Waals surface area contributed by atoms with Gasteiger partial charge in [0.2, 0.25) is 0 Å². The van der Waals surface area contributed by atoms with E-state index in [0.29, 0.717) is 31.7 Å². The van der Waals surface area contributed by atoms with E-state index in [0.717, 1.165) is 44.5 Å². The van der Waals surface area contributed by atoms with Gasteiger partial charge in [-0.2, -0.15) is 0 Å². The molecule has 6 nitrogen and oxygen atoms in total. The first-order valence-electron chi connectivity index (χ1n) is 11.2. The van der Waals surface area contributed by atoms with Crippen molar-refractivity contribution in [2.24, 2.45) is 0 Å². The highest BCUT2D eigenvalue weighted by molar-refractivity contribution is 6.32. The molecule has 1 heterocycles. The molecule has 0 saturated heterocycles. The molecule has 0 atom stereocenters. The lowest BCUT2D eigenvalue weighted by Crippen LogP contribution is -2.26. The maximum absolute atomic E-state index is 12.5. The Balaban J connectivity index is 1.42. The number of methoxy groups -OCH3 is 1. The number of benzene rings is 3. The van der Waals surface area contributed by atoms with Crippen molar-refractivity contribution in [3.05, 3.63) is 88.2 Å². The van der Waals surface area contributed by atoms with Crippen LogP contribution in [-0.4, -0.2) is 35.7 Å². The number of fused-ring (bicyclic) bond motifs is 1. The summed E-state index contributed by atoms with van der Waals surface area (Å²) in [6.07, 6.45) is 0.607. The monoisotopic (exact) mass is 477 g/mol. The van der Waals surface area contributed by atoms with E-state index in [1.165, 1.54) is 0 Å². The number of aryl methyl sites for hydroxylation is 2. The summed E-state index contributed by atoms with van der Waals surface area (Å²) in [7, 11) is 1.60. The average Bonchev–Trinajstić information content (AvgIpc) is 3.19. The number of rotatable bonds is 9. The van der Waals surface area contributed by atoms with E-state index < -0.39 is 0 Å². The first-order valence-corrected chi connectivity index (χ1v) is 11.6. The van der Waals surface area contributed by atoms with Crippen LogP contribution in [-0.2, 0) is 13.0 Å². The van der Waals surface area contributed by atoms with Gasteiger partial charge in [-0.1, -0.05) is 23.7 Å². The number of hydrogen-bond acceptors (Lipinski definition) is 4. The predicted molar refractivity (Wildman–Crippen MR) is 135 cm³/mol. The highest BCUT2D eigenvalue weighted by Gasteiger charge is 2.12. The third-order valence-electron chi connectivity index (χ3n) is 5.71. The molecule has 3 aromatic carbocycles. The Morgan fingerprint density at radius 1 is 1.03 bits per heavy atom. The Morgan fingerprint density at radius 2 is 1.74 bits per heavy atom. The molecule has 0 saturated carbocycles. The Morgan fingerprint density at radius 3 is 2.44 bits per heavy atom. The first-order chi connectivity index (χ1) is 16.5. The van der Waals surface area contributed by atoms with Crippen LogP contribution in [0.15, 0.2) is 60.7 Å². The molecule has 0 bridgehead atoms. The van der Waals surface area contributed by atoms with E-state index in [9.17, 15) is 4.79 Å². The van der Waals surface area contributed by atoms with Crippen LogP contribution in [0.4, 0.5) is 0 Å². The number of nitrogens with zero attached hydrogens (tertiary/aromatic N) is 2. The number of carbonyl (C=O) groups excluding carboxylic acids is 1. The molecule has 34 heavy (non-hydrogen) atoms. The first kappa shape index (κ1) is 23.6. The van der Waals surface area contributed by atoms with Crippen LogP contribution in [0.1, 0.15) is 27.3 Å². The molecule has 4 rings (SSSR count). The molecule has 176 valence electrons. The molecule has 0 fully saturated rings. The molecule has 0 aliphatic carbocycles. The molecule has 0 aliphatic rings. The fraction of sp³-hybridized carbons (Fsp3) is 0.259. The van der Waals surface area contributed by atoms with E-state index in [-0.39, 0.29) is 5.91 Å². The summed E-state index contributed by atoms with van der Waals surface area (Å²) in [4.78, 5) is 17.3. The van der Waals surface area contributed by atoms with E-state index >= 15 is 0 Å². The number of halogens is 1. The van der Waals surface area contributed by atoms with Crippen LogP contribution < -0.4 is 14.8 Å². The Labute approximate surface area is 204 Å². The lowest BCUT2D eigenvalue weighted by atomic mass is 10.1. The van der Waals surface area contributed by atoms with Gasteiger partial charge in [0.25, 0.3) is 5.91 Å². The summed E-state index contributed by atoms with van der Waals surface area (Å²) < 4.78 is 13.3. The molecular formula is C27H28ClN3O3. The number of para-hydroxylation sites is 2. The van der Waals surface area contributed by atoms with Crippen molar-refractivity contribution in [3.8, 4) is 11.5 Å². The molecule has 0 radical (unpaired) electrons. The zero-order chi connectivity index (χ0) is 24.1. The average molecular weight is 478 g/mol. The topological polar surface area (TPSA) is 65.4 Å². The highest BCUT2D eigenvalue weighted by atomic mass is 35.5. The summed E-state index contributed by atoms with van der Waals surface area (Å²) in [5.41, 5.74) is 4.57. The number of hydrogen-bond donors (Lipinski definition) is 1. The largest absolute Gasteiger partial charge is 0.497 e. The van der Waals surface area contributed by atoms with Gasteiger partial charge in [-0.3, -0.25) is 4.79 Å². The summed E-state index contributed by atoms with van der Waals surface area (Å²) in [6, 6.07) is 19.0. The minimum Gasteiger partial charge on any atom is -0.497 e. The van der Waals surface area contributed by atoms with Gasteiger partial charge in [0.15, 0.2) is 0 Å². The zero-order valence-electron chi connectivity index (χ0n) is 19.6. The molecular weight excluding hydrogens is 450 g/mol. The van der Waals surface area contributed by atoms with Crippen LogP contribution in [0.5, 0.6) is 11.5 Å². The zero-order valence-corrected chi connectivity index (χ0v) is 20.4. The van der Waals surface area contributed by atoms with Crippen LogP contribution in [0.2, 0.25) is 5.02 Å². The maximum atomic E-state index is 12.5. The molecule has 1 amide bonds.